The zero-order valence-corrected chi connectivity index (χ0v) is 9.81. The van der Waals surface area contributed by atoms with Gasteiger partial charge in [-0.3, -0.25) is 0 Å². The van der Waals surface area contributed by atoms with Crippen LogP contribution in [0.1, 0.15) is 54.4 Å². The quantitative estimate of drug-likeness (QED) is 0.597. The van der Waals surface area contributed by atoms with Crippen LogP contribution >= 0.6 is 0 Å². The monoisotopic (exact) mass is 200 g/mol. The van der Waals surface area contributed by atoms with Gasteiger partial charge in [0.25, 0.3) is 0 Å². The average Bonchev–Trinajstić information content (AvgIpc) is 2.02. The minimum absolute atomic E-state index is 0. The molecule has 0 aliphatic rings. The third kappa shape index (κ3) is 7.14. The van der Waals surface area contributed by atoms with Crippen LogP contribution in [-0.2, 0) is 4.74 Å². The molecule has 1 atom stereocenters. The van der Waals surface area contributed by atoms with Gasteiger partial charge in [-0.15, -0.1) is 6.58 Å². The van der Waals surface area contributed by atoms with Crippen molar-refractivity contribution in [1.82, 2.24) is 0 Å². The summed E-state index contributed by atoms with van der Waals surface area (Å²) in [6, 6.07) is 0. The average molecular weight is 200 g/mol. The van der Waals surface area contributed by atoms with E-state index in [1.54, 1.807) is 7.11 Å². The summed E-state index contributed by atoms with van der Waals surface area (Å²) in [5.74, 6) is 0. The van der Waals surface area contributed by atoms with Crippen LogP contribution in [0.5, 0.6) is 0 Å². The van der Waals surface area contributed by atoms with Crippen molar-refractivity contribution in [3.05, 3.63) is 12.7 Å². The van der Waals surface area contributed by atoms with Crippen molar-refractivity contribution in [2.45, 2.75) is 60.0 Å². The third-order valence-corrected chi connectivity index (χ3v) is 2.50. The Morgan fingerprint density at radius 3 is 1.93 bits per heavy atom. The summed E-state index contributed by atoms with van der Waals surface area (Å²) in [6.45, 7) is 12.7. The van der Waals surface area contributed by atoms with Crippen LogP contribution in [-0.4, -0.2) is 12.7 Å². The van der Waals surface area contributed by atoms with Crippen LogP contribution < -0.4 is 0 Å². The molecule has 86 valence electrons. The Morgan fingerprint density at radius 1 is 1.14 bits per heavy atom. The Bertz CT molecular complexity index is 155. The SMILES string of the molecule is C.C=CC(C)(CCCC(C)(C)C)OC. The van der Waals surface area contributed by atoms with E-state index in [1.165, 1.54) is 12.8 Å². The molecular formula is C13H28O. The molecule has 0 heterocycles. The molecule has 0 fully saturated rings. The van der Waals surface area contributed by atoms with Gasteiger partial charge in [0.15, 0.2) is 0 Å². The lowest BCUT2D eigenvalue weighted by Gasteiger charge is -2.26. The second-order valence-electron chi connectivity index (χ2n) is 5.14. The summed E-state index contributed by atoms with van der Waals surface area (Å²) in [4.78, 5) is 0. The van der Waals surface area contributed by atoms with Crippen molar-refractivity contribution in [3.63, 3.8) is 0 Å². The first-order chi connectivity index (χ1) is 5.83. The number of ether oxygens (including phenoxy) is 1. The summed E-state index contributed by atoms with van der Waals surface area (Å²) < 4.78 is 5.38. The lowest BCUT2D eigenvalue weighted by molar-refractivity contribution is 0.0376. The third-order valence-electron chi connectivity index (χ3n) is 2.50. The van der Waals surface area contributed by atoms with Crippen molar-refractivity contribution >= 4 is 0 Å². The predicted octanol–water partition coefficient (Wildman–Crippen LogP) is 4.43. The first-order valence-corrected chi connectivity index (χ1v) is 5.02. The highest BCUT2D eigenvalue weighted by molar-refractivity contribution is 4.93. The van der Waals surface area contributed by atoms with Gasteiger partial charge in [0.05, 0.1) is 5.60 Å². The number of hydrogen-bond donors (Lipinski definition) is 0. The summed E-state index contributed by atoms with van der Waals surface area (Å²) >= 11 is 0. The number of methoxy groups -OCH3 is 1. The van der Waals surface area contributed by atoms with E-state index < -0.39 is 0 Å². The van der Waals surface area contributed by atoms with Crippen LogP contribution in [0.2, 0.25) is 0 Å². The van der Waals surface area contributed by atoms with E-state index in [2.05, 4.69) is 34.3 Å². The highest BCUT2D eigenvalue weighted by atomic mass is 16.5. The molecule has 0 N–H and O–H groups in total. The molecule has 0 aromatic rings. The normalized spacial score (nSPS) is 15.5. The Labute approximate surface area is 90.5 Å². The van der Waals surface area contributed by atoms with E-state index in [1.807, 2.05) is 6.08 Å². The van der Waals surface area contributed by atoms with Gasteiger partial charge in [-0.25, -0.2) is 0 Å². The Kier molecular flexibility index (Phi) is 7.19. The molecule has 0 spiro atoms. The maximum absolute atomic E-state index is 5.38. The highest BCUT2D eigenvalue weighted by Crippen LogP contribution is 2.26. The minimum atomic E-state index is -0.134. The molecule has 0 amide bonds. The van der Waals surface area contributed by atoms with Crippen molar-refractivity contribution in [2.24, 2.45) is 5.41 Å². The van der Waals surface area contributed by atoms with Crippen molar-refractivity contribution in [2.75, 3.05) is 7.11 Å². The molecule has 1 unspecified atom stereocenters. The van der Waals surface area contributed by atoms with Crippen molar-refractivity contribution in [1.29, 1.82) is 0 Å². The fourth-order valence-corrected chi connectivity index (χ4v) is 1.26. The lowest BCUT2D eigenvalue weighted by Crippen LogP contribution is -2.24. The summed E-state index contributed by atoms with van der Waals surface area (Å²) in [6.07, 6.45) is 5.39. The van der Waals surface area contributed by atoms with Crippen LogP contribution in [0, 0.1) is 5.41 Å². The molecule has 0 radical (unpaired) electrons. The van der Waals surface area contributed by atoms with Gasteiger partial charge in [-0.05, 0) is 31.6 Å². The van der Waals surface area contributed by atoms with Crippen LogP contribution in [0.4, 0.5) is 0 Å². The fourth-order valence-electron chi connectivity index (χ4n) is 1.26. The first-order valence-electron chi connectivity index (χ1n) is 5.02. The molecule has 0 aromatic carbocycles. The molecular weight excluding hydrogens is 172 g/mol. The number of hydrogen-bond acceptors (Lipinski definition) is 1. The molecule has 0 bridgehead atoms. The minimum Gasteiger partial charge on any atom is -0.374 e. The molecule has 0 aliphatic carbocycles. The summed E-state index contributed by atoms with van der Waals surface area (Å²) in [5.41, 5.74) is 0.293. The van der Waals surface area contributed by atoms with Gasteiger partial charge in [0, 0.05) is 7.11 Å². The smallest absolute Gasteiger partial charge is 0.0828 e. The topological polar surface area (TPSA) is 9.23 Å². The van der Waals surface area contributed by atoms with Crippen molar-refractivity contribution in [3.8, 4) is 0 Å². The van der Waals surface area contributed by atoms with Gasteiger partial charge >= 0.3 is 0 Å². The molecule has 0 rings (SSSR count). The van der Waals surface area contributed by atoms with Crippen molar-refractivity contribution < 1.29 is 4.74 Å². The second kappa shape index (κ2) is 6.23. The molecule has 0 saturated carbocycles. The van der Waals surface area contributed by atoms with E-state index in [9.17, 15) is 0 Å². The summed E-state index contributed by atoms with van der Waals surface area (Å²) in [7, 11) is 1.75. The standard InChI is InChI=1S/C12H24O.CH4/c1-7-12(5,13-6)10-8-9-11(2,3)4;/h7H,1,8-10H2,2-6H3;1H4. The summed E-state index contributed by atoms with van der Waals surface area (Å²) in [5, 5.41) is 0. The van der Waals surface area contributed by atoms with Crippen LogP contribution in [0.25, 0.3) is 0 Å². The van der Waals surface area contributed by atoms with Gasteiger partial charge in [0.2, 0.25) is 0 Å². The maximum Gasteiger partial charge on any atom is 0.0828 e. The molecule has 0 aromatic heterocycles. The van der Waals surface area contributed by atoms with E-state index in [4.69, 9.17) is 4.74 Å². The van der Waals surface area contributed by atoms with Crippen LogP contribution in [0.3, 0.4) is 0 Å². The van der Waals surface area contributed by atoms with E-state index in [0.29, 0.717) is 5.41 Å². The second-order valence-corrected chi connectivity index (χ2v) is 5.14. The predicted molar refractivity (Wildman–Crippen MR) is 65.6 cm³/mol. The first kappa shape index (κ1) is 16.1. The molecule has 1 nitrogen and oxygen atoms in total. The maximum atomic E-state index is 5.38. The van der Waals surface area contributed by atoms with Gasteiger partial charge in [-0.1, -0.05) is 34.3 Å². The Hall–Kier alpha value is -0.300. The molecule has 0 aliphatic heterocycles. The van der Waals surface area contributed by atoms with Gasteiger partial charge in [-0.2, -0.15) is 0 Å². The van der Waals surface area contributed by atoms with E-state index in [0.717, 1.165) is 6.42 Å². The molecule has 1 heteroatoms. The zero-order valence-electron chi connectivity index (χ0n) is 9.81. The van der Waals surface area contributed by atoms with E-state index >= 15 is 0 Å². The highest BCUT2D eigenvalue weighted by Gasteiger charge is 2.19. The Morgan fingerprint density at radius 2 is 1.64 bits per heavy atom. The molecule has 0 saturated heterocycles. The fraction of sp³-hybridized carbons (Fsp3) is 0.846. The number of rotatable bonds is 5. The van der Waals surface area contributed by atoms with Gasteiger partial charge < -0.3 is 4.74 Å². The van der Waals surface area contributed by atoms with Crippen LogP contribution in [0.15, 0.2) is 12.7 Å². The Balaban J connectivity index is 0. The molecule has 14 heavy (non-hydrogen) atoms. The van der Waals surface area contributed by atoms with E-state index in [-0.39, 0.29) is 13.0 Å². The van der Waals surface area contributed by atoms with Gasteiger partial charge in [0.1, 0.15) is 0 Å². The zero-order chi connectivity index (χ0) is 10.5. The lowest BCUT2D eigenvalue weighted by atomic mass is 9.87. The largest absolute Gasteiger partial charge is 0.374 e.